The fourth-order valence-corrected chi connectivity index (χ4v) is 2.25. The van der Waals surface area contributed by atoms with E-state index in [9.17, 15) is 0 Å². The first-order valence-corrected chi connectivity index (χ1v) is 7.24. The molecule has 0 aromatic rings. The molecule has 2 unspecified atom stereocenters. The summed E-state index contributed by atoms with van der Waals surface area (Å²) in [5.41, 5.74) is 0. The van der Waals surface area contributed by atoms with Crippen molar-refractivity contribution in [1.82, 2.24) is 0 Å². The van der Waals surface area contributed by atoms with Gasteiger partial charge in [-0.3, -0.25) is 0 Å². The molecule has 0 saturated carbocycles. The van der Waals surface area contributed by atoms with E-state index in [4.69, 9.17) is 0 Å². The van der Waals surface area contributed by atoms with Crippen molar-refractivity contribution in [1.29, 1.82) is 0 Å². The van der Waals surface area contributed by atoms with Crippen molar-refractivity contribution >= 4 is 0 Å². The van der Waals surface area contributed by atoms with Crippen LogP contribution in [0.3, 0.4) is 0 Å². The minimum atomic E-state index is 0.940. The summed E-state index contributed by atoms with van der Waals surface area (Å²) in [5.74, 6) is 1.96. The van der Waals surface area contributed by atoms with Gasteiger partial charge in [-0.2, -0.15) is 0 Å². The summed E-state index contributed by atoms with van der Waals surface area (Å²) in [6.07, 6.45) is 12.9. The summed E-state index contributed by atoms with van der Waals surface area (Å²) in [7, 11) is 0. The highest BCUT2D eigenvalue weighted by Crippen LogP contribution is 2.23. The lowest BCUT2D eigenvalue weighted by Crippen LogP contribution is -2.03. The van der Waals surface area contributed by atoms with Gasteiger partial charge in [-0.15, -0.1) is 0 Å². The van der Waals surface area contributed by atoms with Gasteiger partial charge in [0.2, 0.25) is 0 Å². The first-order chi connectivity index (χ1) is 7.24. The summed E-state index contributed by atoms with van der Waals surface area (Å²) in [6, 6.07) is 0. The number of hydrogen-bond donors (Lipinski definition) is 0. The van der Waals surface area contributed by atoms with Gasteiger partial charge in [0.25, 0.3) is 0 Å². The van der Waals surface area contributed by atoms with E-state index in [-0.39, 0.29) is 0 Å². The Morgan fingerprint density at radius 2 is 1.47 bits per heavy atom. The topological polar surface area (TPSA) is 0 Å². The molecule has 0 N–H and O–H groups in total. The lowest BCUT2D eigenvalue weighted by atomic mass is 9.88. The van der Waals surface area contributed by atoms with Crippen LogP contribution in [-0.2, 0) is 0 Å². The Hall–Kier alpha value is 0. The molecular weight excluding hydrogens is 180 g/mol. The van der Waals surface area contributed by atoms with E-state index in [2.05, 4.69) is 27.7 Å². The van der Waals surface area contributed by atoms with Crippen molar-refractivity contribution in [2.24, 2.45) is 11.8 Å². The highest BCUT2D eigenvalue weighted by atomic mass is 14.1. The molecule has 0 saturated heterocycles. The molecule has 0 spiro atoms. The van der Waals surface area contributed by atoms with E-state index in [0.717, 1.165) is 11.8 Å². The molecule has 0 heteroatoms. The van der Waals surface area contributed by atoms with Crippen LogP contribution in [0.5, 0.6) is 0 Å². The predicted molar refractivity (Wildman–Crippen MR) is 71.2 cm³/mol. The molecule has 0 nitrogen and oxygen atoms in total. The van der Waals surface area contributed by atoms with E-state index in [1.165, 1.54) is 57.8 Å². The number of hydrogen-bond acceptors (Lipinski definition) is 0. The van der Waals surface area contributed by atoms with E-state index >= 15 is 0 Å². The smallest absolute Gasteiger partial charge is 0.0414 e. The fraction of sp³-hybridized carbons (Fsp3) is 1.00. The minimum Gasteiger partial charge on any atom is -0.0654 e. The first kappa shape index (κ1) is 15.0. The lowest BCUT2D eigenvalue weighted by molar-refractivity contribution is 0.352. The van der Waals surface area contributed by atoms with Crippen LogP contribution in [0, 0.1) is 11.8 Å². The standard InChI is InChI=1S/C15H32/c1-5-8-9-11-15(10-6-2)13-12-14(4)7-3/h14-15H,5-13H2,1-4H3. The Morgan fingerprint density at radius 1 is 0.733 bits per heavy atom. The molecular formula is C15H32. The molecule has 0 aliphatic carbocycles. The lowest BCUT2D eigenvalue weighted by Gasteiger charge is -2.18. The van der Waals surface area contributed by atoms with Gasteiger partial charge in [0.1, 0.15) is 0 Å². The zero-order chi connectivity index (χ0) is 11.5. The zero-order valence-electron chi connectivity index (χ0n) is 11.5. The summed E-state index contributed by atoms with van der Waals surface area (Å²) in [6.45, 7) is 9.34. The maximum absolute atomic E-state index is 2.40. The van der Waals surface area contributed by atoms with Crippen LogP contribution in [0.25, 0.3) is 0 Å². The van der Waals surface area contributed by atoms with Crippen LogP contribution in [0.2, 0.25) is 0 Å². The van der Waals surface area contributed by atoms with Crippen molar-refractivity contribution in [3.63, 3.8) is 0 Å². The second kappa shape index (κ2) is 10.5. The summed E-state index contributed by atoms with van der Waals surface area (Å²) >= 11 is 0. The molecule has 0 aliphatic rings. The Bertz CT molecular complexity index is 117. The third-order valence-corrected chi connectivity index (χ3v) is 3.68. The van der Waals surface area contributed by atoms with Gasteiger partial charge in [0, 0.05) is 0 Å². The molecule has 0 aromatic carbocycles. The zero-order valence-corrected chi connectivity index (χ0v) is 11.5. The van der Waals surface area contributed by atoms with Crippen LogP contribution >= 0.6 is 0 Å². The highest BCUT2D eigenvalue weighted by Gasteiger charge is 2.09. The Morgan fingerprint density at radius 3 is 2.00 bits per heavy atom. The van der Waals surface area contributed by atoms with Gasteiger partial charge >= 0.3 is 0 Å². The van der Waals surface area contributed by atoms with Crippen molar-refractivity contribution < 1.29 is 0 Å². The van der Waals surface area contributed by atoms with Crippen LogP contribution in [-0.4, -0.2) is 0 Å². The summed E-state index contributed by atoms with van der Waals surface area (Å²) in [5, 5.41) is 0. The monoisotopic (exact) mass is 212 g/mol. The Labute approximate surface area is 97.8 Å². The van der Waals surface area contributed by atoms with Gasteiger partial charge in [0.15, 0.2) is 0 Å². The maximum Gasteiger partial charge on any atom is -0.0414 e. The molecule has 0 amide bonds. The summed E-state index contributed by atoms with van der Waals surface area (Å²) < 4.78 is 0. The SMILES string of the molecule is CCCCCC(CCC)CCC(C)CC. The van der Waals surface area contributed by atoms with Crippen molar-refractivity contribution in [3.8, 4) is 0 Å². The van der Waals surface area contributed by atoms with Gasteiger partial charge in [-0.1, -0.05) is 85.5 Å². The largest absolute Gasteiger partial charge is 0.0654 e. The van der Waals surface area contributed by atoms with Gasteiger partial charge in [-0.05, 0) is 11.8 Å². The second-order valence-electron chi connectivity index (χ2n) is 5.24. The quantitative estimate of drug-likeness (QED) is 0.401. The molecule has 0 radical (unpaired) electrons. The molecule has 0 heterocycles. The molecule has 0 rings (SSSR count). The average molecular weight is 212 g/mol. The maximum atomic E-state index is 2.40. The molecule has 0 bridgehead atoms. The summed E-state index contributed by atoms with van der Waals surface area (Å²) in [4.78, 5) is 0. The van der Waals surface area contributed by atoms with Crippen LogP contribution in [0.15, 0.2) is 0 Å². The third-order valence-electron chi connectivity index (χ3n) is 3.68. The normalized spacial score (nSPS) is 15.2. The third kappa shape index (κ3) is 8.96. The van der Waals surface area contributed by atoms with Crippen molar-refractivity contribution in [2.75, 3.05) is 0 Å². The Kier molecular flexibility index (Phi) is 10.5. The van der Waals surface area contributed by atoms with Gasteiger partial charge < -0.3 is 0 Å². The Balaban J connectivity index is 3.62. The van der Waals surface area contributed by atoms with Crippen LogP contribution in [0.4, 0.5) is 0 Å². The van der Waals surface area contributed by atoms with E-state index in [1.54, 1.807) is 0 Å². The van der Waals surface area contributed by atoms with Crippen molar-refractivity contribution in [3.05, 3.63) is 0 Å². The first-order valence-electron chi connectivity index (χ1n) is 7.24. The van der Waals surface area contributed by atoms with E-state index in [1.807, 2.05) is 0 Å². The fourth-order valence-electron chi connectivity index (χ4n) is 2.25. The number of rotatable bonds is 10. The molecule has 0 aliphatic heterocycles. The average Bonchev–Trinajstić information content (AvgIpc) is 2.25. The molecule has 0 fully saturated rings. The molecule has 92 valence electrons. The van der Waals surface area contributed by atoms with E-state index in [0.29, 0.717) is 0 Å². The van der Waals surface area contributed by atoms with Crippen LogP contribution in [0.1, 0.15) is 85.5 Å². The second-order valence-corrected chi connectivity index (χ2v) is 5.24. The molecule has 15 heavy (non-hydrogen) atoms. The molecule has 0 aromatic heterocycles. The predicted octanol–water partition coefficient (Wildman–Crippen LogP) is 5.81. The molecule has 2 atom stereocenters. The highest BCUT2D eigenvalue weighted by molar-refractivity contribution is 4.62. The van der Waals surface area contributed by atoms with Crippen molar-refractivity contribution in [2.45, 2.75) is 85.5 Å². The van der Waals surface area contributed by atoms with Crippen LogP contribution < -0.4 is 0 Å². The van der Waals surface area contributed by atoms with Gasteiger partial charge in [-0.25, -0.2) is 0 Å². The van der Waals surface area contributed by atoms with E-state index < -0.39 is 0 Å². The minimum absolute atomic E-state index is 0.940. The number of unbranched alkanes of at least 4 members (excludes halogenated alkanes) is 2. The van der Waals surface area contributed by atoms with Gasteiger partial charge in [0.05, 0.1) is 0 Å².